The number of rotatable bonds is 5. The maximum absolute atomic E-state index is 12.0. The van der Waals surface area contributed by atoms with Gasteiger partial charge in [-0.15, -0.1) is 0 Å². The van der Waals surface area contributed by atoms with Gasteiger partial charge in [-0.25, -0.2) is 8.42 Å². The smallest absolute Gasteiger partial charge is 0.290 e. The Labute approximate surface area is 142 Å². The summed E-state index contributed by atoms with van der Waals surface area (Å²) in [5.41, 5.74) is 0.942. The Morgan fingerprint density at radius 1 is 1.14 bits per heavy atom. The fraction of sp³-hybridized carbons (Fsp3) is 0.133. The van der Waals surface area contributed by atoms with Gasteiger partial charge in [0.2, 0.25) is 0 Å². The molecule has 0 bridgehead atoms. The van der Waals surface area contributed by atoms with Crippen molar-refractivity contribution in [3.05, 3.63) is 62.4 Å². The highest BCUT2D eigenvalue weighted by atomic mass is 127. The molecule has 0 radical (unpaired) electrons. The highest BCUT2D eigenvalue weighted by Crippen LogP contribution is 2.21. The van der Waals surface area contributed by atoms with Crippen LogP contribution in [0.2, 0.25) is 0 Å². The number of para-hydroxylation sites is 1. The van der Waals surface area contributed by atoms with E-state index in [1.807, 2.05) is 35.6 Å². The summed E-state index contributed by atoms with van der Waals surface area (Å²) in [6.07, 6.45) is 0. The van der Waals surface area contributed by atoms with Crippen LogP contribution in [0.4, 0.5) is 0 Å². The molecule has 0 heterocycles. The highest BCUT2D eigenvalue weighted by Gasteiger charge is 2.08. The third-order valence-electron chi connectivity index (χ3n) is 2.74. The number of ether oxygens (including phenoxy) is 1. The van der Waals surface area contributed by atoms with E-state index < -0.39 is 22.5 Å². The molecule has 22 heavy (non-hydrogen) atoms. The van der Waals surface area contributed by atoms with Gasteiger partial charge >= 0.3 is 0 Å². The van der Waals surface area contributed by atoms with Crippen LogP contribution in [-0.4, -0.2) is 20.9 Å². The predicted octanol–water partition coefficient (Wildman–Crippen LogP) is 3.27. The van der Waals surface area contributed by atoms with Crippen LogP contribution in [0.3, 0.4) is 0 Å². The fourth-order valence-corrected chi connectivity index (χ4v) is 3.01. The number of hydrogen-bond acceptors (Lipinski definition) is 4. The second-order valence-electron chi connectivity index (χ2n) is 4.48. The van der Waals surface area contributed by atoms with Crippen LogP contribution in [-0.2, 0) is 14.8 Å². The number of carbonyl (C=O) groups excluding carboxylic acids is 1. The summed E-state index contributed by atoms with van der Waals surface area (Å²) in [4.78, 5) is 11.8. The van der Waals surface area contributed by atoms with Crippen molar-refractivity contribution in [2.45, 2.75) is 11.8 Å². The Balaban J connectivity index is 1.98. The van der Waals surface area contributed by atoms with Crippen molar-refractivity contribution in [2.24, 2.45) is 0 Å². The van der Waals surface area contributed by atoms with Gasteiger partial charge in [0.1, 0.15) is 15.8 Å². The molecule has 0 atom stereocenters. The first-order valence-corrected chi connectivity index (χ1v) is 8.86. The molecule has 0 saturated heterocycles. The SMILES string of the molecule is Cc1ccc(S(=O)(=O)[N-]CC(=O)Oc2ccccc2I)cc1. The van der Waals surface area contributed by atoms with Crippen LogP contribution >= 0.6 is 22.6 Å². The number of hydrogen-bond donors (Lipinski definition) is 0. The highest BCUT2D eigenvalue weighted by molar-refractivity contribution is 14.1. The van der Waals surface area contributed by atoms with Crippen LogP contribution in [0.1, 0.15) is 5.56 Å². The van der Waals surface area contributed by atoms with E-state index in [0.29, 0.717) is 5.75 Å². The Hall–Kier alpha value is -1.45. The summed E-state index contributed by atoms with van der Waals surface area (Å²) in [7, 11) is -3.85. The number of aryl methyl sites for hydroxylation is 1. The van der Waals surface area contributed by atoms with E-state index in [9.17, 15) is 13.2 Å². The molecule has 0 N–H and O–H groups in total. The standard InChI is InChI=1S/C15H13INO4S/c1-11-6-8-12(9-7-11)22(19,20)17-10-15(18)21-14-5-3-2-4-13(14)16/h2-9H,10H2,1H3/q-1. The van der Waals surface area contributed by atoms with Crippen LogP contribution in [0, 0.1) is 10.5 Å². The van der Waals surface area contributed by atoms with Crippen molar-refractivity contribution in [3.8, 4) is 5.75 Å². The first kappa shape index (κ1) is 16.9. The van der Waals surface area contributed by atoms with Gasteiger partial charge in [0.25, 0.3) is 5.97 Å². The van der Waals surface area contributed by atoms with Crippen molar-refractivity contribution >= 4 is 38.6 Å². The zero-order chi connectivity index (χ0) is 16.2. The molecule has 0 aliphatic rings. The van der Waals surface area contributed by atoms with Crippen LogP contribution in [0.15, 0.2) is 53.4 Å². The normalized spacial score (nSPS) is 11.2. The average molecular weight is 430 g/mol. The van der Waals surface area contributed by atoms with Gasteiger partial charge in [-0.2, -0.15) is 0 Å². The van der Waals surface area contributed by atoms with E-state index in [1.54, 1.807) is 30.3 Å². The van der Waals surface area contributed by atoms with E-state index in [4.69, 9.17) is 4.74 Å². The largest absolute Gasteiger partial charge is 0.535 e. The van der Waals surface area contributed by atoms with Crippen molar-refractivity contribution in [1.29, 1.82) is 0 Å². The summed E-state index contributed by atoms with van der Waals surface area (Å²) in [5.74, 6) is -0.337. The number of carbonyl (C=O) groups is 1. The van der Waals surface area contributed by atoms with Crippen LogP contribution in [0.25, 0.3) is 4.72 Å². The number of benzene rings is 2. The van der Waals surface area contributed by atoms with Gasteiger partial charge < -0.3 is 9.46 Å². The minimum absolute atomic E-state index is 0.0557. The molecule has 0 aromatic heterocycles. The molecule has 0 aliphatic carbocycles. The third-order valence-corrected chi connectivity index (χ3v) is 4.97. The molecule has 116 valence electrons. The van der Waals surface area contributed by atoms with Gasteiger partial charge in [-0.05, 0) is 60.3 Å². The Bertz CT molecular complexity index is 772. The van der Waals surface area contributed by atoms with Gasteiger partial charge in [0.05, 0.1) is 3.57 Å². The molecular formula is C15H13INO4S-. The molecule has 0 fully saturated rings. The predicted molar refractivity (Wildman–Crippen MR) is 91.4 cm³/mol. The van der Waals surface area contributed by atoms with E-state index in [-0.39, 0.29) is 4.90 Å². The van der Waals surface area contributed by atoms with Gasteiger partial charge in [-0.3, -0.25) is 4.79 Å². The maximum atomic E-state index is 12.0. The average Bonchev–Trinajstić information content (AvgIpc) is 2.48. The molecule has 0 unspecified atom stereocenters. The first-order valence-electron chi connectivity index (χ1n) is 6.34. The molecule has 0 spiro atoms. The Morgan fingerprint density at radius 3 is 2.41 bits per heavy atom. The zero-order valence-electron chi connectivity index (χ0n) is 11.7. The number of halogens is 1. The van der Waals surface area contributed by atoms with Gasteiger partial charge in [-0.1, -0.05) is 29.8 Å². The molecule has 2 rings (SSSR count). The lowest BCUT2D eigenvalue weighted by atomic mass is 10.2. The molecule has 0 saturated carbocycles. The van der Waals surface area contributed by atoms with E-state index in [1.165, 1.54) is 12.1 Å². The maximum Gasteiger partial charge on any atom is 0.290 e. The molecule has 2 aromatic carbocycles. The van der Waals surface area contributed by atoms with Crippen molar-refractivity contribution in [2.75, 3.05) is 6.54 Å². The lowest BCUT2D eigenvalue weighted by Crippen LogP contribution is -2.15. The quantitative estimate of drug-likeness (QED) is 0.415. The van der Waals surface area contributed by atoms with Crippen molar-refractivity contribution in [1.82, 2.24) is 0 Å². The molecular weight excluding hydrogens is 417 g/mol. The van der Waals surface area contributed by atoms with Gasteiger partial charge in [0, 0.05) is 4.90 Å². The second kappa shape index (κ2) is 7.21. The topological polar surface area (TPSA) is 74.5 Å². The summed E-state index contributed by atoms with van der Waals surface area (Å²) in [5, 5.41) is 0. The molecule has 7 heteroatoms. The number of sulfonamides is 1. The van der Waals surface area contributed by atoms with Crippen molar-refractivity contribution < 1.29 is 17.9 Å². The minimum Gasteiger partial charge on any atom is -0.535 e. The van der Waals surface area contributed by atoms with E-state index in [0.717, 1.165) is 9.13 Å². The summed E-state index contributed by atoms with van der Waals surface area (Å²) >= 11 is 2.02. The Kier molecular flexibility index (Phi) is 5.54. The number of esters is 1. The molecule has 5 nitrogen and oxygen atoms in total. The van der Waals surface area contributed by atoms with E-state index in [2.05, 4.69) is 4.72 Å². The van der Waals surface area contributed by atoms with Crippen LogP contribution in [0.5, 0.6) is 5.75 Å². The molecule has 0 amide bonds. The fourth-order valence-electron chi connectivity index (χ4n) is 1.60. The second-order valence-corrected chi connectivity index (χ2v) is 7.32. The minimum atomic E-state index is -3.85. The molecule has 2 aromatic rings. The monoisotopic (exact) mass is 430 g/mol. The van der Waals surface area contributed by atoms with E-state index >= 15 is 0 Å². The lowest BCUT2D eigenvalue weighted by molar-refractivity contribution is -0.132. The number of nitrogens with zero attached hydrogens (tertiary/aromatic N) is 1. The summed E-state index contributed by atoms with van der Waals surface area (Å²) in [6, 6.07) is 13.2. The molecule has 0 aliphatic heterocycles. The van der Waals surface area contributed by atoms with Crippen molar-refractivity contribution in [3.63, 3.8) is 0 Å². The first-order chi connectivity index (χ1) is 10.4. The lowest BCUT2D eigenvalue weighted by Gasteiger charge is -2.19. The van der Waals surface area contributed by atoms with Crippen LogP contribution < -0.4 is 4.74 Å². The van der Waals surface area contributed by atoms with Gasteiger partial charge in [0.15, 0.2) is 0 Å². The zero-order valence-corrected chi connectivity index (χ0v) is 14.7. The summed E-state index contributed by atoms with van der Waals surface area (Å²) in [6.45, 7) is 1.30. The third kappa shape index (κ3) is 4.52. The Morgan fingerprint density at radius 2 is 1.77 bits per heavy atom. The summed E-state index contributed by atoms with van der Waals surface area (Å²) < 4.78 is 33.3.